The van der Waals surface area contributed by atoms with Crippen molar-refractivity contribution in [2.75, 3.05) is 6.54 Å². The molecule has 1 unspecified atom stereocenters. The lowest BCUT2D eigenvalue weighted by Crippen LogP contribution is -2.51. The lowest BCUT2D eigenvalue weighted by molar-refractivity contribution is 0.184. The maximum atomic E-state index is 13.3. The van der Waals surface area contributed by atoms with E-state index in [1.54, 1.807) is 12.1 Å². The molecule has 3 nitrogen and oxygen atoms in total. The number of aliphatic imine (C=N–C) groups is 1. The van der Waals surface area contributed by atoms with Gasteiger partial charge in [0.1, 0.15) is 5.82 Å². The van der Waals surface area contributed by atoms with Crippen molar-refractivity contribution in [3.05, 3.63) is 35.6 Å². The fourth-order valence-corrected chi connectivity index (χ4v) is 2.53. The molecule has 2 N–H and O–H groups in total. The van der Waals surface area contributed by atoms with E-state index in [1.807, 2.05) is 17.9 Å². The monoisotopic (exact) mass is 235 g/mol. The average Bonchev–Trinajstić information content (AvgIpc) is 2.56. The number of rotatable bonds is 2. The summed E-state index contributed by atoms with van der Waals surface area (Å²) in [5.41, 5.74) is 6.48. The predicted molar refractivity (Wildman–Crippen MR) is 67.2 cm³/mol. The van der Waals surface area contributed by atoms with Crippen LogP contribution < -0.4 is 5.73 Å². The first-order valence-corrected chi connectivity index (χ1v) is 5.80. The highest BCUT2D eigenvalue weighted by Gasteiger charge is 2.40. The maximum Gasteiger partial charge on any atom is 0.192 e. The molecule has 0 amide bonds. The van der Waals surface area contributed by atoms with Crippen LogP contribution in [0.2, 0.25) is 0 Å². The summed E-state index contributed by atoms with van der Waals surface area (Å²) >= 11 is 0. The Bertz CT molecular complexity index is 456. The number of nitrogens with two attached hydrogens (primary N) is 1. The number of benzene rings is 1. The molecule has 0 radical (unpaired) electrons. The highest BCUT2D eigenvalue weighted by atomic mass is 19.1. The Labute approximate surface area is 101 Å². The average molecular weight is 235 g/mol. The van der Waals surface area contributed by atoms with Gasteiger partial charge in [0.05, 0.1) is 12.1 Å². The minimum absolute atomic E-state index is 0.224. The molecule has 0 saturated carbocycles. The van der Waals surface area contributed by atoms with Crippen LogP contribution in [0.3, 0.4) is 0 Å². The topological polar surface area (TPSA) is 41.6 Å². The van der Waals surface area contributed by atoms with Gasteiger partial charge in [-0.3, -0.25) is 4.99 Å². The molecule has 2 rings (SSSR count). The summed E-state index contributed by atoms with van der Waals surface area (Å²) in [7, 11) is 0. The fraction of sp³-hybridized carbons (Fsp3) is 0.462. The third-order valence-electron chi connectivity index (χ3n) is 3.29. The van der Waals surface area contributed by atoms with Crippen LogP contribution in [0.1, 0.15) is 26.3 Å². The van der Waals surface area contributed by atoms with Crippen LogP contribution in [0.5, 0.6) is 0 Å². The van der Waals surface area contributed by atoms with Gasteiger partial charge in [0.2, 0.25) is 0 Å². The maximum absolute atomic E-state index is 13.3. The van der Waals surface area contributed by atoms with Gasteiger partial charge in [-0.05, 0) is 38.5 Å². The van der Waals surface area contributed by atoms with Gasteiger partial charge >= 0.3 is 0 Å². The zero-order valence-corrected chi connectivity index (χ0v) is 10.4. The lowest BCUT2D eigenvalue weighted by Gasteiger charge is -2.39. The van der Waals surface area contributed by atoms with Crippen molar-refractivity contribution >= 4 is 5.96 Å². The third-order valence-corrected chi connectivity index (χ3v) is 3.29. The standard InChI is InChI=1S/C13H18FN3/c1-9(2)17-12(15)16-8-13(17,3)10-5-4-6-11(14)7-10/h4-7,9H,8H2,1-3H3,(H2,15,16). The van der Waals surface area contributed by atoms with Gasteiger partial charge < -0.3 is 10.6 Å². The molecule has 4 heteroatoms. The minimum Gasteiger partial charge on any atom is -0.370 e. The van der Waals surface area contributed by atoms with E-state index in [0.29, 0.717) is 12.5 Å². The SMILES string of the molecule is CC(C)N1C(N)=NCC1(C)c1cccc(F)c1. The van der Waals surface area contributed by atoms with Crippen molar-refractivity contribution in [2.45, 2.75) is 32.4 Å². The summed E-state index contributed by atoms with van der Waals surface area (Å²) in [4.78, 5) is 6.34. The summed E-state index contributed by atoms with van der Waals surface area (Å²) in [6.45, 7) is 6.74. The van der Waals surface area contributed by atoms with Gasteiger partial charge in [-0.2, -0.15) is 0 Å². The predicted octanol–water partition coefficient (Wildman–Crippen LogP) is 2.08. The van der Waals surface area contributed by atoms with Gasteiger partial charge in [-0.25, -0.2) is 4.39 Å². The highest BCUT2D eigenvalue weighted by Crippen LogP contribution is 2.34. The summed E-state index contributed by atoms with van der Waals surface area (Å²) in [5.74, 6) is 0.310. The third kappa shape index (κ3) is 1.88. The molecule has 0 saturated heterocycles. The van der Waals surface area contributed by atoms with E-state index in [-0.39, 0.29) is 17.4 Å². The molecule has 1 aliphatic heterocycles. The first kappa shape index (κ1) is 11.9. The number of nitrogens with zero attached hydrogens (tertiary/aromatic N) is 2. The van der Waals surface area contributed by atoms with Crippen molar-refractivity contribution in [1.82, 2.24) is 4.90 Å². The summed E-state index contributed by atoms with van der Waals surface area (Å²) in [6, 6.07) is 6.89. The van der Waals surface area contributed by atoms with E-state index in [4.69, 9.17) is 5.73 Å². The van der Waals surface area contributed by atoms with E-state index in [9.17, 15) is 4.39 Å². The number of hydrogen-bond donors (Lipinski definition) is 1. The Morgan fingerprint density at radius 3 is 2.76 bits per heavy atom. The molecule has 0 spiro atoms. The Balaban J connectivity index is 2.43. The molecule has 1 aromatic carbocycles. The molecular formula is C13H18FN3. The van der Waals surface area contributed by atoms with Crippen LogP contribution >= 0.6 is 0 Å². The molecule has 0 bridgehead atoms. The van der Waals surface area contributed by atoms with E-state index in [1.165, 1.54) is 6.07 Å². The van der Waals surface area contributed by atoms with Crippen molar-refractivity contribution in [2.24, 2.45) is 10.7 Å². The summed E-state index contributed by atoms with van der Waals surface area (Å²) < 4.78 is 13.3. The second kappa shape index (κ2) is 4.02. The smallest absolute Gasteiger partial charge is 0.192 e. The van der Waals surface area contributed by atoms with Crippen LogP contribution in [-0.4, -0.2) is 23.4 Å². The van der Waals surface area contributed by atoms with Gasteiger partial charge in [0, 0.05) is 6.04 Å². The second-order valence-electron chi connectivity index (χ2n) is 4.92. The lowest BCUT2D eigenvalue weighted by atomic mass is 9.90. The fourth-order valence-electron chi connectivity index (χ4n) is 2.53. The van der Waals surface area contributed by atoms with Crippen molar-refractivity contribution < 1.29 is 4.39 Å². The molecular weight excluding hydrogens is 217 g/mol. The second-order valence-corrected chi connectivity index (χ2v) is 4.92. The molecule has 17 heavy (non-hydrogen) atoms. The Hall–Kier alpha value is -1.58. The van der Waals surface area contributed by atoms with Gasteiger partial charge in [0.25, 0.3) is 0 Å². The number of guanidine groups is 1. The van der Waals surface area contributed by atoms with Crippen molar-refractivity contribution in [1.29, 1.82) is 0 Å². The highest BCUT2D eigenvalue weighted by molar-refractivity contribution is 5.81. The Morgan fingerprint density at radius 2 is 2.18 bits per heavy atom. The van der Waals surface area contributed by atoms with Crippen LogP contribution in [0.15, 0.2) is 29.3 Å². The van der Waals surface area contributed by atoms with Gasteiger partial charge in [-0.15, -0.1) is 0 Å². The van der Waals surface area contributed by atoms with Gasteiger partial charge in [0.15, 0.2) is 5.96 Å². The molecule has 1 atom stereocenters. The summed E-state index contributed by atoms with van der Waals surface area (Å²) in [5, 5.41) is 0. The quantitative estimate of drug-likeness (QED) is 0.852. The van der Waals surface area contributed by atoms with Crippen LogP contribution in [0.25, 0.3) is 0 Å². The first-order chi connectivity index (χ1) is 7.95. The minimum atomic E-state index is -0.347. The van der Waals surface area contributed by atoms with Crippen LogP contribution in [0, 0.1) is 5.82 Å². The number of halogens is 1. The molecule has 0 aliphatic carbocycles. The van der Waals surface area contributed by atoms with Crippen LogP contribution in [0.4, 0.5) is 4.39 Å². The zero-order valence-electron chi connectivity index (χ0n) is 10.4. The Kier molecular flexibility index (Phi) is 2.81. The Morgan fingerprint density at radius 1 is 1.47 bits per heavy atom. The number of hydrogen-bond acceptors (Lipinski definition) is 3. The molecule has 1 aromatic rings. The molecule has 92 valence electrons. The molecule has 1 aliphatic rings. The van der Waals surface area contributed by atoms with Crippen molar-refractivity contribution in [3.8, 4) is 0 Å². The van der Waals surface area contributed by atoms with Gasteiger partial charge in [-0.1, -0.05) is 12.1 Å². The van der Waals surface area contributed by atoms with E-state index in [2.05, 4.69) is 18.8 Å². The largest absolute Gasteiger partial charge is 0.370 e. The van der Waals surface area contributed by atoms with E-state index < -0.39 is 0 Å². The van der Waals surface area contributed by atoms with Crippen LogP contribution in [-0.2, 0) is 5.54 Å². The van der Waals surface area contributed by atoms with E-state index >= 15 is 0 Å². The molecule has 1 heterocycles. The zero-order chi connectivity index (χ0) is 12.6. The first-order valence-electron chi connectivity index (χ1n) is 5.80. The molecule has 0 aromatic heterocycles. The van der Waals surface area contributed by atoms with E-state index in [0.717, 1.165) is 5.56 Å². The molecule has 0 fully saturated rings. The van der Waals surface area contributed by atoms with Crippen molar-refractivity contribution in [3.63, 3.8) is 0 Å². The summed E-state index contributed by atoms with van der Waals surface area (Å²) in [6.07, 6.45) is 0. The normalized spacial score (nSPS) is 24.3.